The molecule has 0 saturated heterocycles. The molecule has 0 heteroatoms. The summed E-state index contributed by atoms with van der Waals surface area (Å²) < 4.78 is 0. The SMILES string of the molecule is C=CC=C.CC=CC.Cc1ccc(-c2ccccc2)cc1.Cc1ccc2ccc3cccc4ccc1c2c34. The van der Waals surface area contributed by atoms with Crippen molar-refractivity contribution in [2.45, 2.75) is 27.7 Å². The Labute approximate surface area is 228 Å². The molecule has 6 rings (SSSR count). The normalized spacial score (nSPS) is 10.2. The van der Waals surface area contributed by atoms with Crippen LogP contribution in [0.1, 0.15) is 25.0 Å². The lowest BCUT2D eigenvalue weighted by atomic mass is 9.92. The van der Waals surface area contributed by atoms with Crippen molar-refractivity contribution >= 4 is 32.3 Å². The molecule has 190 valence electrons. The molecule has 0 aliphatic heterocycles. The average Bonchev–Trinajstić information content (AvgIpc) is 2.98. The molecule has 0 bridgehead atoms. The van der Waals surface area contributed by atoms with Crippen molar-refractivity contribution in [2.75, 3.05) is 0 Å². The maximum Gasteiger partial charge on any atom is -0.00241 e. The summed E-state index contributed by atoms with van der Waals surface area (Å²) in [5, 5.41) is 8.23. The van der Waals surface area contributed by atoms with E-state index < -0.39 is 0 Å². The molecular weight excluding hydrogens is 456 g/mol. The fraction of sp³-hybridized carbons (Fsp3) is 0.105. The molecule has 0 fully saturated rings. The van der Waals surface area contributed by atoms with Crippen LogP contribution in [0, 0.1) is 13.8 Å². The van der Waals surface area contributed by atoms with Crippen LogP contribution in [0.4, 0.5) is 0 Å². The lowest BCUT2D eigenvalue weighted by molar-refractivity contribution is 1.47. The standard InChI is InChI=1S/C17H12.C13H12.C4H8.C4H6/c1-11-5-6-14-8-7-12-3-2-4-13-9-10-15(11)17(14)16(12)13;1-11-7-9-13(10-8-11)12-5-3-2-4-6-12;2*1-3-4-2/h2-10H,1H3;2-10H,1H3;3-4H,1-2H3;3-4H,1-2H2. The van der Waals surface area contributed by atoms with E-state index in [4.69, 9.17) is 0 Å². The molecule has 6 aromatic carbocycles. The zero-order valence-corrected chi connectivity index (χ0v) is 23.1. The Kier molecular flexibility index (Phi) is 10.6. The Hall–Kier alpha value is -4.42. The predicted octanol–water partition coefficient (Wildman–Crippen LogP) is 11.5. The number of hydrogen-bond acceptors (Lipinski definition) is 0. The van der Waals surface area contributed by atoms with Crippen LogP contribution in [0.3, 0.4) is 0 Å². The minimum atomic E-state index is 1.28. The van der Waals surface area contributed by atoms with Crippen LogP contribution in [-0.4, -0.2) is 0 Å². The largest absolute Gasteiger partial charge is 0.0991 e. The third-order valence-electron chi connectivity index (χ3n) is 6.41. The summed E-state index contributed by atoms with van der Waals surface area (Å²) in [5.74, 6) is 0. The van der Waals surface area contributed by atoms with Crippen molar-refractivity contribution in [3.05, 3.63) is 158 Å². The molecule has 0 N–H and O–H groups in total. The highest BCUT2D eigenvalue weighted by Gasteiger charge is 2.08. The van der Waals surface area contributed by atoms with Crippen molar-refractivity contribution in [3.8, 4) is 11.1 Å². The Balaban J connectivity index is 0.000000169. The van der Waals surface area contributed by atoms with Gasteiger partial charge in [-0.2, -0.15) is 0 Å². The van der Waals surface area contributed by atoms with Crippen molar-refractivity contribution in [1.29, 1.82) is 0 Å². The Bertz CT molecular complexity index is 1570. The van der Waals surface area contributed by atoms with Gasteiger partial charge in [-0.15, -0.1) is 0 Å². The fourth-order valence-corrected chi connectivity index (χ4v) is 4.26. The van der Waals surface area contributed by atoms with E-state index in [1.807, 2.05) is 32.1 Å². The van der Waals surface area contributed by atoms with Crippen LogP contribution >= 0.6 is 0 Å². The molecule has 0 atom stereocenters. The lowest BCUT2D eigenvalue weighted by Gasteiger charge is -2.11. The molecule has 0 aliphatic rings. The lowest BCUT2D eigenvalue weighted by Crippen LogP contribution is -1.85. The number of benzene rings is 6. The van der Waals surface area contributed by atoms with E-state index in [0.29, 0.717) is 0 Å². The van der Waals surface area contributed by atoms with E-state index in [1.54, 1.807) is 12.2 Å². The second kappa shape index (κ2) is 14.4. The zero-order valence-electron chi connectivity index (χ0n) is 23.1. The molecule has 0 spiro atoms. The second-order valence-electron chi connectivity index (χ2n) is 9.11. The van der Waals surface area contributed by atoms with Gasteiger partial charge in [-0.25, -0.2) is 0 Å². The van der Waals surface area contributed by atoms with E-state index in [9.17, 15) is 0 Å². The van der Waals surface area contributed by atoms with Gasteiger partial charge in [-0.1, -0.05) is 152 Å². The van der Waals surface area contributed by atoms with Gasteiger partial charge in [0.1, 0.15) is 0 Å². The van der Waals surface area contributed by atoms with E-state index in [0.717, 1.165) is 0 Å². The first kappa shape index (κ1) is 28.2. The Morgan fingerprint density at radius 3 is 1.53 bits per heavy atom. The van der Waals surface area contributed by atoms with Gasteiger partial charge in [-0.05, 0) is 76.7 Å². The van der Waals surface area contributed by atoms with Gasteiger partial charge in [0.25, 0.3) is 0 Å². The van der Waals surface area contributed by atoms with Crippen LogP contribution < -0.4 is 0 Å². The van der Waals surface area contributed by atoms with E-state index >= 15 is 0 Å². The quantitative estimate of drug-likeness (QED) is 0.127. The maximum absolute atomic E-state index is 3.36. The molecule has 0 amide bonds. The van der Waals surface area contributed by atoms with Crippen LogP contribution in [0.2, 0.25) is 0 Å². The van der Waals surface area contributed by atoms with Crippen molar-refractivity contribution in [2.24, 2.45) is 0 Å². The third-order valence-corrected chi connectivity index (χ3v) is 6.41. The van der Waals surface area contributed by atoms with Crippen LogP contribution in [0.5, 0.6) is 0 Å². The average molecular weight is 495 g/mol. The van der Waals surface area contributed by atoms with Gasteiger partial charge in [0.2, 0.25) is 0 Å². The van der Waals surface area contributed by atoms with Gasteiger partial charge in [0, 0.05) is 0 Å². The van der Waals surface area contributed by atoms with Crippen LogP contribution in [0.15, 0.2) is 147 Å². The van der Waals surface area contributed by atoms with Gasteiger partial charge >= 0.3 is 0 Å². The van der Waals surface area contributed by atoms with Gasteiger partial charge in [-0.3, -0.25) is 0 Å². The number of hydrogen-bond donors (Lipinski definition) is 0. The summed E-state index contributed by atoms with van der Waals surface area (Å²) in [5.41, 5.74) is 5.23. The molecule has 0 aromatic heterocycles. The summed E-state index contributed by atoms with van der Waals surface area (Å²) in [6, 6.07) is 38.9. The van der Waals surface area contributed by atoms with Crippen molar-refractivity contribution in [1.82, 2.24) is 0 Å². The molecule has 6 aromatic rings. The number of rotatable bonds is 2. The highest BCUT2D eigenvalue weighted by molar-refractivity contribution is 6.23. The molecular formula is C38H38. The monoisotopic (exact) mass is 494 g/mol. The molecule has 0 saturated carbocycles. The van der Waals surface area contributed by atoms with Gasteiger partial charge < -0.3 is 0 Å². The van der Waals surface area contributed by atoms with E-state index in [1.165, 1.54) is 54.6 Å². The number of aryl methyl sites for hydroxylation is 2. The Morgan fingerprint density at radius 1 is 0.474 bits per heavy atom. The summed E-state index contributed by atoms with van der Waals surface area (Å²) in [6.45, 7) is 15.0. The summed E-state index contributed by atoms with van der Waals surface area (Å²) >= 11 is 0. The van der Waals surface area contributed by atoms with Crippen LogP contribution in [0.25, 0.3) is 43.4 Å². The van der Waals surface area contributed by atoms with E-state index in [2.05, 4.69) is 130 Å². The predicted molar refractivity (Wildman–Crippen MR) is 172 cm³/mol. The molecule has 0 aliphatic carbocycles. The third kappa shape index (κ3) is 7.08. The topological polar surface area (TPSA) is 0 Å². The zero-order chi connectivity index (χ0) is 27.3. The summed E-state index contributed by atoms with van der Waals surface area (Å²) in [7, 11) is 0. The highest BCUT2D eigenvalue weighted by Crippen LogP contribution is 2.35. The van der Waals surface area contributed by atoms with Crippen molar-refractivity contribution in [3.63, 3.8) is 0 Å². The van der Waals surface area contributed by atoms with Gasteiger partial charge in [0.05, 0.1) is 0 Å². The first-order valence-corrected chi connectivity index (χ1v) is 13.1. The first-order chi connectivity index (χ1) is 18.5. The Morgan fingerprint density at radius 2 is 0.974 bits per heavy atom. The fourth-order valence-electron chi connectivity index (χ4n) is 4.26. The van der Waals surface area contributed by atoms with Crippen molar-refractivity contribution < 1.29 is 0 Å². The minimum Gasteiger partial charge on any atom is -0.0991 e. The van der Waals surface area contributed by atoms with E-state index in [-0.39, 0.29) is 0 Å². The maximum atomic E-state index is 3.36. The van der Waals surface area contributed by atoms with Gasteiger partial charge in [0.15, 0.2) is 0 Å². The molecule has 0 unspecified atom stereocenters. The summed E-state index contributed by atoms with van der Waals surface area (Å²) in [4.78, 5) is 0. The molecule has 0 radical (unpaired) electrons. The van der Waals surface area contributed by atoms with Crippen LogP contribution in [-0.2, 0) is 0 Å². The number of allylic oxidation sites excluding steroid dienone is 4. The molecule has 38 heavy (non-hydrogen) atoms. The molecule has 0 heterocycles. The first-order valence-electron chi connectivity index (χ1n) is 13.1. The second-order valence-corrected chi connectivity index (χ2v) is 9.11. The molecule has 0 nitrogen and oxygen atoms in total. The summed E-state index contributed by atoms with van der Waals surface area (Å²) in [6.07, 6.45) is 7.28. The highest BCUT2D eigenvalue weighted by atomic mass is 14.1. The minimum absolute atomic E-state index is 1.28. The smallest absolute Gasteiger partial charge is 0.00241 e.